The molecule has 1 fully saturated rings. The van der Waals surface area contributed by atoms with Gasteiger partial charge in [0.05, 0.1) is 11.9 Å². The normalized spacial score (nSPS) is 14.8. The second-order valence-corrected chi connectivity index (χ2v) is 7.66. The van der Waals surface area contributed by atoms with Crippen LogP contribution in [0.4, 0.5) is 23.4 Å². The molecule has 0 aliphatic carbocycles. The Balaban J connectivity index is 1.38. The van der Waals surface area contributed by atoms with Gasteiger partial charge in [0, 0.05) is 37.9 Å². The second kappa shape index (κ2) is 8.20. The van der Waals surface area contributed by atoms with E-state index in [1.54, 1.807) is 10.9 Å². The summed E-state index contributed by atoms with van der Waals surface area (Å²) in [6.07, 6.45) is 3.52. The summed E-state index contributed by atoms with van der Waals surface area (Å²) in [5.74, 6) is 2.71. The average Bonchev–Trinajstić information content (AvgIpc) is 3.03. The van der Waals surface area contributed by atoms with Crippen molar-refractivity contribution in [3.8, 4) is 0 Å². The molecule has 3 aromatic rings. The lowest BCUT2D eigenvalue weighted by Gasteiger charge is -2.33. The maximum Gasteiger partial charge on any atom is 0.230 e. The summed E-state index contributed by atoms with van der Waals surface area (Å²) in [7, 11) is 1.89. The van der Waals surface area contributed by atoms with Gasteiger partial charge in [-0.25, -0.2) is 4.98 Å². The predicted octanol–water partition coefficient (Wildman–Crippen LogP) is 3.09. The van der Waals surface area contributed by atoms with Crippen LogP contribution in [0.15, 0.2) is 24.4 Å². The topological polar surface area (TPSA) is 96.7 Å². The number of hydrogen-bond acceptors (Lipinski definition) is 8. The van der Waals surface area contributed by atoms with E-state index in [1.165, 1.54) is 0 Å². The Hall–Kier alpha value is -2.94. The van der Waals surface area contributed by atoms with E-state index in [0.717, 1.165) is 43.1 Å². The van der Waals surface area contributed by atoms with Crippen LogP contribution in [0.25, 0.3) is 0 Å². The smallest absolute Gasteiger partial charge is 0.230 e. The Bertz CT molecular complexity index is 958. The molecular weight excluding hydrogens is 390 g/mol. The maximum atomic E-state index is 6.32. The summed E-state index contributed by atoms with van der Waals surface area (Å²) in [6.45, 7) is 5.73. The van der Waals surface area contributed by atoms with Gasteiger partial charge in [-0.2, -0.15) is 15.2 Å². The molecule has 1 aliphatic heterocycles. The van der Waals surface area contributed by atoms with Crippen LogP contribution in [0.3, 0.4) is 0 Å². The van der Waals surface area contributed by atoms with Crippen LogP contribution < -0.4 is 15.5 Å². The highest BCUT2D eigenvalue weighted by Crippen LogP contribution is 2.25. The molecule has 0 atom stereocenters. The van der Waals surface area contributed by atoms with Gasteiger partial charge in [-0.05, 0) is 38.8 Å². The maximum absolute atomic E-state index is 6.32. The highest BCUT2D eigenvalue weighted by Gasteiger charge is 2.21. The molecule has 0 bridgehead atoms. The monoisotopic (exact) mass is 413 g/mol. The third kappa shape index (κ3) is 4.56. The summed E-state index contributed by atoms with van der Waals surface area (Å²) in [4.78, 5) is 11.0. The van der Waals surface area contributed by atoms with Crippen molar-refractivity contribution < 1.29 is 0 Å². The summed E-state index contributed by atoms with van der Waals surface area (Å²) >= 11 is 6.32. The zero-order chi connectivity index (χ0) is 20.4. The highest BCUT2D eigenvalue weighted by molar-refractivity contribution is 6.32. The molecule has 0 unspecified atom stereocenters. The van der Waals surface area contributed by atoms with E-state index in [4.69, 9.17) is 11.6 Å². The third-order valence-electron chi connectivity index (χ3n) is 5.04. The van der Waals surface area contributed by atoms with Gasteiger partial charge >= 0.3 is 0 Å². The summed E-state index contributed by atoms with van der Waals surface area (Å²) in [5.41, 5.74) is 1.97. The number of anilines is 4. The number of aryl methyl sites for hydroxylation is 3. The van der Waals surface area contributed by atoms with Gasteiger partial charge in [-0.3, -0.25) is 4.68 Å². The minimum absolute atomic E-state index is 0.280. The number of aromatic nitrogens is 6. The molecule has 9 nitrogen and oxygen atoms in total. The minimum Gasteiger partial charge on any atom is -0.366 e. The largest absolute Gasteiger partial charge is 0.366 e. The molecule has 0 amide bonds. The van der Waals surface area contributed by atoms with Crippen molar-refractivity contribution in [2.24, 2.45) is 7.05 Å². The Morgan fingerprint density at radius 1 is 1.14 bits per heavy atom. The molecule has 0 aromatic carbocycles. The first-order chi connectivity index (χ1) is 14.0. The van der Waals surface area contributed by atoms with Gasteiger partial charge in [0.2, 0.25) is 5.95 Å². The van der Waals surface area contributed by atoms with Gasteiger partial charge in [0.25, 0.3) is 0 Å². The van der Waals surface area contributed by atoms with E-state index < -0.39 is 0 Å². The number of rotatable bonds is 5. The quantitative estimate of drug-likeness (QED) is 0.658. The Morgan fingerprint density at radius 3 is 2.59 bits per heavy atom. The van der Waals surface area contributed by atoms with Gasteiger partial charge < -0.3 is 15.5 Å². The van der Waals surface area contributed by atoms with E-state index in [2.05, 4.69) is 40.8 Å². The standard InChI is InChI=1S/C19H24ClN9/c1-12-4-5-17(26-25-12)29-8-6-14(7-9-29)22-18-15(20)11-21-19(24-18)23-16-10-13(2)28(3)27-16/h4-5,10-11,14H,6-9H2,1-3H3,(H2,21,22,23,24,27). The molecule has 1 saturated heterocycles. The Morgan fingerprint density at radius 2 is 1.93 bits per heavy atom. The fourth-order valence-electron chi connectivity index (χ4n) is 3.27. The van der Waals surface area contributed by atoms with Crippen LogP contribution in [-0.4, -0.2) is 49.1 Å². The van der Waals surface area contributed by atoms with Crippen molar-refractivity contribution in [1.29, 1.82) is 0 Å². The van der Waals surface area contributed by atoms with Crippen LogP contribution in [0, 0.1) is 13.8 Å². The number of hydrogen-bond donors (Lipinski definition) is 2. The second-order valence-electron chi connectivity index (χ2n) is 7.25. The predicted molar refractivity (Wildman–Crippen MR) is 114 cm³/mol. The highest BCUT2D eigenvalue weighted by atomic mass is 35.5. The van der Waals surface area contributed by atoms with E-state index in [1.807, 2.05) is 39.1 Å². The first-order valence-electron chi connectivity index (χ1n) is 9.60. The van der Waals surface area contributed by atoms with Gasteiger partial charge in [-0.1, -0.05) is 11.6 Å². The molecule has 1 aliphatic rings. The van der Waals surface area contributed by atoms with Crippen LogP contribution in [0.5, 0.6) is 0 Å². The number of nitrogens with zero attached hydrogens (tertiary/aromatic N) is 7. The molecule has 152 valence electrons. The molecule has 3 aromatic heterocycles. The average molecular weight is 414 g/mol. The summed E-state index contributed by atoms with van der Waals surface area (Å²) in [6, 6.07) is 6.23. The van der Waals surface area contributed by atoms with Gasteiger partial charge in [-0.15, -0.1) is 5.10 Å². The van der Waals surface area contributed by atoms with Crippen LogP contribution in [0.1, 0.15) is 24.2 Å². The SMILES string of the molecule is Cc1ccc(N2CCC(Nc3nc(Nc4cc(C)n(C)n4)ncc3Cl)CC2)nn1. The fourth-order valence-corrected chi connectivity index (χ4v) is 3.42. The molecule has 10 heteroatoms. The van der Waals surface area contributed by atoms with Gasteiger partial charge in [0.15, 0.2) is 17.5 Å². The minimum atomic E-state index is 0.280. The fraction of sp³-hybridized carbons (Fsp3) is 0.421. The third-order valence-corrected chi connectivity index (χ3v) is 5.32. The van der Waals surface area contributed by atoms with Crippen molar-refractivity contribution in [1.82, 2.24) is 29.9 Å². The molecule has 4 heterocycles. The number of piperidine rings is 1. The van der Waals surface area contributed by atoms with Crippen LogP contribution in [0.2, 0.25) is 5.02 Å². The molecule has 0 spiro atoms. The lowest BCUT2D eigenvalue weighted by molar-refractivity contribution is 0.521. The number of nitrogens with one attached hydrogen (secondary N) is 2. The molecule has 4 rings (SSSR count). The van der Waals surface area contributed by atoms with E-state index in [-0.39, 0.29) is 6.04 Å². The number of halogens is 1. The Kier molecular flexibility index (Phi) is 5.48. The van der Waals surface area contributed by atoms with Crippen molar-refractivity contribution in [3.05, 3.63) is 40.8 Å². The van der Waals surface area contributed by atoms with E-state index in [9.17, 15) is 0 Å². The first kappa shape index (κ1) is 19.4. The van der Waals surface area contributed by atoms with Crippen molar-refractivity contribution in [2.45, 2.75) is 32.7 Å². The molecule has 29 heavy (non-hydrogen) atoms. The van der Waals surface area contributed by atoms with Crippen molar-refractivity contribution in [2.75, 3.05) is 28.6 Å². The zero-order valence-corrected chi connectivity index (χ0v) is 17.5. The van der Waals surface area contributed by atoms with E-state index >= 15 is 0 Å². The lowest BCUT2D eigenvalue weighted by atomic mass is 10.1. The van der Waals surface area contributed by atoms with Crippen molar-refractivity contribution in [3.63, 3.8) is 0 Å². The molecule has 2 N–H and O–H groups in total. The zero-order valence-electron chi connectivity index (χ0n) is 16.7. The first-order valence-corrected chi connectivity index (χ1v) is 9.98. The van der Waals surface area contributed by atoms with Crippen LogP contribution >= 0.6 is 11.6 Å². The van der Waals surface area contributed by atoms with Crippen LogP contribution in [-0.2, 0) is 7.05 Å². The molecule has 0 radical (unpaired) electrons. The van der Waals surface area contributed by atoms with Gasteiger partial charge in [0.1, 0.15) is 5.02 Å². The van der Waals surface area contributed by atoms with Crippen molar-refractivity contribution >= 4 is 35.0 Å². The lowest BCUT2D eigenvalue weighted by Crippen LogP contribution is -2.39. The molecular formula is C19H24ClN9. The summed E-state index contributed by atoms with van der Waals surface area (Å²) < 4.78 is 1.80. The van der Waals surface area contributed by atoms with E-state index in [0.29, 0.717) is 22.6 Å². The summed E-state index contributed by atoms with van der Waals surface area (Å²) in [5, 5.41) is 19.9. The Labute approximate surface area is 174 Å². The molecule has 0 saturated carbocycles.